The predicted octanol–water partition coefficient (Wildman–Crippen LogP) is 2.43. The third-order valence-electron chi connectivity index (χ3n) is 4.27. The standard InChI is InChI=1S/C18H17ClN6O3S/c19-13-4-1-2-5-16(13)29(26,27)25-8-9-28-15(12-25)14-10-20-11-17(23-14)24-18-21-6-3-7-22-18/h1-7,10-11,15H,8-9,12H2,(H,21,22,23,24). The summed E-state index contributed by atoms with van der Waals surface area (Å²) in [6.07, 6.45) is 5.73. The van der Waals surface area contributed by atoms with Crippen molar-refractivity contribution in [3.8, 4) is 0 Å². The monoisotopic (exact) mass is 432 g/mol. The summed E-state index contributed by atoms with van der Waals surface area (Å²) >= 11 is 6.10. The molecule has 1 unspecified atom stereocenters. The lowest BCUT2D eigenvalue weighted by atomic mass is 10.2. The van der Waals surface area contributed by atoms with Crippen LogP contribution in [0.1, 0.15) is 11.8 Å². The van der Waals surface area contributed by atoms with Crippen molar-refractivity contribution < 1.29 is 13.2 Å². The van der Waals surface area contributed by atoms with Gasteiger partial charge in [-0.25, -0.2) is 23.4 Å². The summed E-state index contributed by atoms with van der Waals surface area (Å²) in [7, 11) is -3.75. The van der Waals surface area contributed by atoms with Crippen molar-refractivity contribution in [3.05, 3.63) is 65.8 Å². The van der Waals surface area contributed by atoms with Crippen LogP contribution in [0.15, 0.2) is 60.0 Å². The Morgan fingerprint density at radius 2 is 1.93 bits per heavy atom. The first-order chi connectivity index (χ1) is 14.0. The summed E-state index contributed by atoms with van der Waals surface area (Å²) in [6, 6.07) is 8.08. The van der Waals surface area contributed by atoms with Crippen molar-refractivity contribution in [2.75, 3.05) is 25.0 Å². The molecule has 3 aromatic rings. The number of nitrogens with zero attached hydrogens (tertiary/aromatic N) is 5. The number of nitrogens with one attached hydrogen (secondary N) is 1. The highest BCUT2D eigenvalue weighted by molar-refractivity contribution is 7.89. The Morgan fingerprint density at radius 3 is 2.72 bits per heavy atom. The van der Waals surface area contributed by atoms with Crippen LogP contribution in [0.5, 0.6) is 0 Å². The average molecular weight is 433 g/mol. The number of benzene rings is 1. The Balaban J connectivity index is 1.54. The van der Waals surface area contributed by atoms with E-state index in [1.165, 1.54) is 16.6 Å². The van der Waals surface area contributed by atoms with E-state index in [1.54, 1.807) is 42.9 Å². The predicted molar refractivity (Wildman–Crippen MR) is 106 cm³/mol. The normalized spacial score (nSPS) is 17.8. The third-order valence-corrected chi connectivity index (χ3v) is 6.64. The number of hydrogen-bond acceptors (Lipinski definition) is 8. The molecule has 1 aliphatic heterocycles. The molecule has 3 heterocycles. The lowest BCUT2D eigenvalue weighted by molar-refractivity contribution is -0.00506. The van der Waals surface area contributed by atoms with Gasteiger partial charge in [0, 0.05) is 25.5 Å². The molecule has 0 radical (unpaired) electrons. The Morgan fingerprint density at radius 1 is 1.14 bits per heavy atom. The Kier molecular flexibility index (Phi) is 5.67. The van der Waals surface area contributed by atoms with Gasteiger partial charge in [-0.3, -0.25) is 4.98 Å². The van der Waals surface area contributed by atoms with Gasteiger partial charge in [-0.15, -0.1) is 0 Å². The second-order valence-electron chi connectivity index (χ2n) is 6.18. The van der Waals surface area contributed by atoms with Crippen LogP contribution >= 0.6 is 11.6 Å². The minimum absolute atomic E-state index is 0.0741. The van der Waals surface area contributed by atoms with Crippen LogP contribution in [0.3, 0.4) is 0 Å². The summed E-state index contributed by atoms with van der Waals surface area (Å²) in [6.45, 7) is 0.566. The highest BCUT2D eigenvalue weighted by atomic mass is 35.5. The zero-order valence-corrected chi connectivity index (χ0v) is 16.7. The van der Waals surface area contributed by atoms with Crippen LogP contribution in [-0.2, 0) is 14.8 Å². The van der Waals surface area contributed by atoms with Gasteiger partial charge in [-0.2, -0.15) is 4.31 Å². The topological polar surface area (TPSA) is 110 Å². The van der Waals surface area contributed by atoms with Crippen LogP contribution in [0.2, 0.25) is 5.02 Å². The Bertz CT molecular complexity index is 1100. The first-order valence-corrected chi connectivity index (χ1v) is 10.6. The molecule has 0 bridgehead atoms. The van der Waals surface area contributed by atoms with Crippen molar-refractivity contribution in [1.29, 1.82) is 0 Å². The van der Waals surface area contributed by atoms with E-state index in [9.17, 15) is 8.42 Å². The molecule has 1 fully saturated rings. The summed E-state index contributed by atoms with van der Waals surface area (Å²) in [5.41, 5.74) is 0.505. The van der Waals surface area contributed by atoms with Crippen LogP contribution in [0.4, 0.5) is 11.8 Å². The summed E-state index contributed by atoms with van der Waals surface area (Å²) < 4.78 is 33.1. The highest BCUT2D eigenvalue weighted by Crippen LogP contribution is 2.29. The molecule has 2 aromatic heterocycles. The van der Waals surface area contributed by atoms with Gasteiger partial charge in [0.05, 0.1) is 29.7 Å². The van der Waals surface area contributed by atoms with E-state index in [4.69, 9.17) is 16.3 Å². The van der Waals surface area contributed by atoms with Crippen LogP contribution < -0.4 is 5.32 Å². The van der Waals surface area contributed by atoms with E-state index in [0.29, 0.717) is 17.5 Å². The van der Waals surface area contributed by atoms with E-state index < -0.39 is 16.1 Å². The largest absolute Gasteiger partial charge is 0.369 e. The molecule has 150 valence electrons. The number of morpholine rings is 1. The van der Waals surface area contributed by atoms with Crippen molar-refractivity contribution in [2.45, 2.75) is 11.0 Å². The number of hydrogen-bond donors (Lipinski definition) is 1. The second kappa shape index (κ2) is 8.37. The molecule has 1 aliphatic rings. The molecule has 29 heavy (non-hydrogen) atoms. The molecular weight excluding hydrogens is 416 g/mol. The zero-order valence-electron chi connectivity index (χ0n) is 15.1. The molecule has 1 saturated heterocycles. The first kappa shape index (κ1) is 19.6. The van der Waals surface area contributed by atoms with Crippen molar-refractivity contribution in [1.82, 2.24) is 24.2 Å². The van der Waals surface area contributed by atoms with E-state index in [-0.39, 0.29) is 29.6 Å². The van der Waals surface area contributed by atoms with Gasteiger partial charge < -0.3 is 10.1 Å². The van der Waals surface area contributed by atoms with Gasteiger partial charge in [0.15, 0.2) is 5.82 Å². The maximum Gasteiger partial charge on any atom is 0.244 e. The lowest BCUT2D eigenvalue weighted by Crippen LogP contribution is -2.42. The zero-order chi connectivity index (χ0) is 20.3. The molecular formula is C18H17ClN6O3S. The number of halogens is 1. The van der Waals surface area contributed by atoms with Gasteiger partial charge in [-0.05, 0) is 18.2 Å². The molecule has 0 spiro atoms. The van der Waals surface area contributed by atoms with E-state index >= 15 is 0 Å². The maximum absolute atomic E-state index is 13.0. The quantitative estimate of drug-likeness (QED) is 0.654. The van der Waals surface area contributed by atoms with E-state index in [0.717, 1.165) is 0 Å². The van der Waals surface area contributed by atoms with Gasteiger partial charge in [0.1, 0.15) is 11.0 Å². The fourth-order valence-electron chi connectivity index (χ4n) is 2.89. The van der Waals surface area contributed by atoms with Crippen LogP contribution in [-0.4, -0.2) is 52.4 Å². The number of aromatic nitrogens is 4. The van der Waals surface area contributed by atoms with Crippen LogP contribution in [0, 0.1) is 0 Å². The maximum atomic E-state index is 13.0. The summed E-state index contributed by atoms with van der Waals surface area (Å²) in [5.74, 6) is 0.815. The van der Waals surface area contributed by atoms with Crippen molar-refractivity contribution >= 4 is 33.4 Å². The third kappa shape index (κ3) is 4.35. The smallest absolute Gasteiger partial charge is 0.244 e. The molecule has 0 amide bonds. The molecule has 0 saturated carbocycles. The summed E-state index contributed by atoms with van der Waals surface area (Å²) in [4.78, 5) is 16.9. The first-order valence-electron chi connectivity index (χ1n) is 8.76. The van der Waals surface area contributed by atoms with Gasteiger partial charge in [0.25, 0.3) is 0 Å². The molecule has 1 aromatic carbocycles. The van der Waals surface area contributed by atoms with Crippen molar-refractivity contribution in [3.63, 3.8) is 0 Å². The molecule has 9 nitrogen and oxygen atoms in total. The fraction of sp³-hybridized carbons (Fsp3) is 0.222. The number of rotatable bonds is 5. The Hall–Kier alpha value is -2.66. The molecule has 1 atom stereocenters. The van der Waals surface area contributed by atoms with Crippen LogP contribution in [0.25, 0.3) is 0 Å². The number of ether oxygens (including phenoxy) is 1. The highest BCUT2D eigenvalue weighted by Gasteiger charge is 2.33. The SMILES string of the molecule is O=S(=O)(c1ccccc1Cl)N1CCOC(c2cncc(Nc3ncccn3)n2)C1. The lowest BCUT2D eigenvalue weighted by Gasteiger charge is -2.32. The minimum atomic E-state index is -3.75. The van der Waals surface area contributed by atoms with E-state index in [2.05, 4.69) is 25.3 Å². The van der Waals surface area contributed by atoms with Gasteiger partial charge in [0.2, 0.25) is 16.0 Å². The average Bonchev–Trinajstić information content (AvgIpc) is 2.75. The summed E-state index contributed by atoms with van der Waals surface area (Å²) in [5, 5.41) is 3.14. The fourth-order valence-corrected chi connectivity index (χ4v) is 4.81. The number of sulfonamides is 1. The molecule has 1 N–H and O–H groups in total. The molecule has 4 rings (SSSR count). The van der Waals surface area contributed by atoms with Gasteiger partial charge in [-0.1, -0.05) is 23.7 Å². The van der Waals surface area contributed by atoms with E-state index in [1.807, 2.05) is 0 Å². The molecule has 0 aliphatic carbocycles. The van der Waals surface area contributed by atoms with Gasteiger partial charge >= 0.3 is 0 Å². The minimum Gasteiger partial charge on any atom is -0.369 e. The Labute approximate surface area is 172 Å². The molecule has 11 heteroatoms. The number of anilines is 2. The van der Waals surface area contributed by atoms with Crippen molar-refractivity contribution in [2.24, 2.45) is 0 Å². The second-order valence-corrected chi connectivity index (χ2v) is 8.49.